The third kappa shape index (κ3) is 1.96. The van der Waals surface area contributed by atoms with E-state index in [1.807, 2.05) is 30.5 Å². The Balaban J connectivity index is 2.14. The highest BCUT2D eigenvalue weighted by molar-refractivity contribution is 9.10. The molecule has 0 spiro atoms. The van der Waals surface area contributed by atoms with E-state index in [1.54, 1.807) is 4.52 Å². The normalized spacial score (nSPS) is 10.9. The Labute approximate surface area is 107 Å². The molecule has 0 saturated heterocycles. The molecule has 2 heterocycles. The lowest BCUT2D eigenvalue weighted by molar-refractivity contribution is 0.961. The monoisotopic (exact) mass is 287 g/mol. The van der Waals surface area contributed by atoms with Crippen molar-refractivity contribution in [3.8, 4) is 11.4 Å². The van der Waals surface area contributed by atoms with E-state index in [4.69, 9.17) is 0 Å². The molecule has 0 aliphatic heterocycles. The molecule has 0 fully saturated rings. The van der Waals surface area contributed by atoms with Gasteiger partial charge in [-0.1, -0.05) is 29.8 Å². The highest BCUT2D eigenvalue weighted by atomic mass is 79.9. The van der Waals surface area contributed by atoms with Crippen molar-refractivity contribution in [3.63, 3.8) is 0 Å². The van der Waals surface area contributed by atoms with E-state index >= 15 is 0 Å². The summed E-state index contributed by atoms with van der Waals surface area (Å²) in [6.07, 6.45) is 1.90. The van der Waals surface area contributed by atoms with Crippen LogP contribution >= 0.6 is 15.9 Å². The number of nitrogens with zero attached hydrogens (tertiary/aromatic N) is 3. The first-order chi connectivity index (χ1) is 8.22. The molecular formula is C13H10BrN3. The SMILES string of the molecule is Cc1ccc(-c2nc3ccc(Br)cn3n2)cc1. The van der Waals surface area contributed by atoms with Crippen molar-refractivity contribution in [2.24, 2.45) is 0 Å². The van der Waals surface area contributed by atoms with Gasteiger partial charge in [-0.3, -0.25) is 0 Å². The molecule has 0 saturated carbocycles. The summed E-state index contributed by atoms with van der Waals surface area (Å²) in [6, 6.07) is 12.1. The number of aromatic nitrogens is 3. The zero-order chi connectivity index (χ0) is 11.8. The Morgan fingerprint density at radius 1 is 1.06 bits per heavy atom. The second-order valence-electron chi connectivity index (χ2n) is 3.95. The summed E-state index contributed by atoms with van der Waals surface area (Å²) in [4.78, 5) is 4.48. The molecule has 4 heteroatoms. The molecule has 3 aromatic rings. The van der Waals surface area contributed by atoms with Crippen LogP contribution in [0, 0.1) is 6.92 Å². The Kier molecular flexibility index (Phi) is 2.44. The van der Waals surface area contributed by atoms with Gasteiger partial charge in [-0.2, -0.15) is 0 Å². The van der Waals surface area contributed by atoms with Crippen molar-refractivity contribution in [2.75, 3.05) is 0 Å². The molecule has 0 N–H and O–H groups in total. The number of pyridine rings is 1. The number of hydrogen-bond donors (Lipinski definition) is 0. The van der Waals surface area contributed by atoms with Gasteiger partial charge in [0, 0.05) is 16.2 Å². The molecule has 0 unspecified atom stereocenters. The van der Waals surface area contributed by atoms with Crippen LogP contribution in [0.3, 0.4) is 0 Å². The lowest BCUT2D eigenvalue weighted by Gasteiger charge is -1.94. The van der Waals surface area contributed by atoms with Gasteiger partial charge in [0.25, 0.3) is 0 Å². The van der Waals surface area contributed by atoms with E-state index < -0.39 is 0 Å². The predicted octanol–water partition coefficient (Wildman–Crippen LogP) is 3.47. The van der Waals surface area contributed by atoms with E-state index in [9.17, 15) is 0 Å². The van der Waals surface area contributed by atoms with Crippen LogP contribution in [0.4, 0.5) is 0 Å². The minimum absolute atomic E-state index is 0.753. The quantitative estimate of drug-likeness (QED) is 0.686. The van der Waals surface area contributed by atoms with Crippen molar-refractivity contribution < 1.29 is 0 Å². The zero-order valence-electron chi connectivity index (χ0n) is 9.26. The summed E-state index contributed by atoms with van der Waals surface area (Å²) in [5.41, 5.74) is 3.12. The number of fused-ring (bicyclic) bond motifs is 1. The summed E-state index contributed by atoms with van der Waals surface area (Å²) in [5.74, 6) is 0.753. The lowest BCUT2D eigenvalue weighted by atomic mass is 10.1. The molecule has 1 aromatic carbocycles. The molecule has 0 amide bonds. The third-order valence-electron chi connectivity index (χ3n) is 2.60. The summed E-state index contributed by atoms with van der Waals surface area (Å²) >= 11 is 3.42. The van der Waals surface area contributed by atoms with Crippen LogP contribution < -0.4 is 0 Å². The van der Waals surface area contributed by atoms with Crippen LogP contribution in [0.15, 0.2) is 47.1 Å². The maximum atomic E-state index is 4.48. The molecule has 0 aliphatic rings. The first-order valence-corrected chi connectivity index (χ1v) is 6.11. The van der Waals surface area contributed by atoms with Gasteiger partial charge in [-0.05, 0) is 35.0 Å². The van der Waals surface area contributed by atoms with E-state index in [1.165, 1.54) is 5.56 Å². The number of aryl methyl sites for hydroxylation is 1. The standard InChI is InChI=1S/C13H10BrN3/c1-9-2-4-10(5-3-9)13-15-12-7-6-11(14)8-17(12)16-13/h2-8H,1H3. The Morgan fingerprint density at radius 2 is 1.82 bits per heavy atom. The average molecular weight is 288 g/mol. The maximum absolute atomic E-state index is 4.48. The summed E-state index contributed by atoms with van der Waals surface area (Å²) in [5, 5.41) is 4.45. The molecular weight excluding hydrogens is 278 g/mol. The smallest absolute Gasteiger partial charge is 0.182 e. The third-order valence-corrected chi connectivity index (χ3v) is 3.07. The lowest BCUT2D eigenvalue weighted by Crippen LogP contribution is -1.86. The van der Waals surface area contributed by atoms with Gasteiger partial charge in [-0.15, -0.1) is 5.10 Å². The van der Waals surface area contributed by atoms with Gasteiger partial charge < -0.3 is 0 Å². The largest absolute Gasteiger partial charge is 0.219 e. The number of halogens is 1. The van der Waals surface area contributed by atoms with Gasteiger partial charge >= 0.3 is 0 Å². The second-order valence-corrected chi connectivity index (χ2v) is 4.87. The molecule has 84 valence electrons. The fourth-order valence-electron chi connectivity index (χ4n) is 1.68. The molecule has 3 nitrogen and oxygen atoms in total. The molecule has 2 aromatic heterocycles. The fourth-order valence-corrected chi connectivity index (χ4v) is 2.01. The van der Waals surface area contributed by atoms with E-state index in [-0.39, 0.29) is 0 Å². The van der Waals surface area contributed by atoms with E-state index in [0.717, 1.165) is 21.5 Å². The molecule has 0 aliphatic carbocycles. The minimum atomic E-state index is 0.753. The van der Waals surface area contributed by atoms with Crippen molar-refractivity contribution in [3.05, 3.63) is 52.6 Å². The van der Waals surface area contributed by atoms with Crippen LogP contribution in [0.1, 0.15) is 5.56 Å². The minimum Gasteiger partial charge on any atom is -0.219 e. The second kappa shape index (κ2) is 3.96. The van der Waals surface area contributed by atoms with Crippen molar-refractivity contribution >= 4 is 21.6 Å². The van der Waals surface area contributed by atoms with Crippen molar-refractivity contribution in [1.82, 2.24) is 14.6 Å². The topological polar surface area (TPSA) is 30.2 Å². The Morgan fingerprint density at radius 3 is 2.59 bits per heavy atom. The highest BCUT2D eigenvalue weighted by Gasteiger charge is 2.05. The van der Waals surface area contributed by atoms with E-state index in [0.29, 0.717) is 0 Å². The zero-order valence-corrected chi connectivity index (χ0v) is 10.8. The summed E-state index contributed by atoms with van der Waals surface area (Å²) in [6.45, 7) is 2.07. The average Bonchev–Trinajstić information content (AvgIpc) is 2.72. The van der Waals surface area contributed by atoms with Crippen LogP contribution in [-0.4, -0.2) is 14.6 Å². The van der Waals surface area contributed by atoms with Gasteiger partial charge in [0.1, 0.15) is 0 Å². The first kappa shape index (κ1) is 10.5. The van der Waals surface area contributed by atoms with Crippen LogP contribution in [0.2, 0.25) is 0 Å². The maximum Gasteiger partial charge on any atom is 0.182 e. The van der Waals surface area contributed by atoms with E-state index in [2.05, 4.69) is 45.1 Å². The van der Waals surface area contributed by atoms with Crippen molar-refractivity contribution in [1.29, 1.82) is 0 Å². The predicted molar refractivity (Wildman–Crippen MR) is 70.9 cm³/mol. The highest BCUT2D eigenvalue weighted by Crippen LogP contribution is 2.18. The van der Waals surface area contributed by atoms with Crippen LogP contribution in [-0.2, 0) is 0 Å². The van der Waals surface area contributed by atoms with Crippen molar-refractivity contribution in [2.45, 2.75) is 6.92 Å². The molecule has 0 bridgehead atoms. The van der Waals surface area contributed by atoms with Crippen LogP contribution in [0.25, 0.3) is 17.0 Å². The fraction of sp³-hybridized carbons (Fsp3) is 0.0769. The molecule has 17 heavy (non-hydrogen) atoms. The number of benzene rings is 1. The molecule has 0 radical (unpaired) electrons. The number of hydrogen-bond acceptors (Lipinski definition) is 2. The van der Waals surface area contributed by atoms with Gasteiger partial charge in [0.15, 0.2) is 11.5 Å². The van der Waals surface area contributed by atoms with Gasteiger partial charge in [0.2, 0.25) is 0 Å². The Hall–Kier alpha value is -1.68. The van der Waals surface area contributed by atoms with Gasteiger partial charge in [0.05, 0.1) is 0 Å². The number of rotatable bonds is 1. The molecule has 3 rings (SSSR count). The first-order valence-electron chi connectivity index (χ1n) is 5.31. The summed E-state index contributed by atoms with van der Waals surface area (Å²) in [7, 11) is 0. The van der Waals surface area contributed by atoms with Gasteiger partial charge in [-0.25, -0.2) is 9.50 Å². The Bertz CT molecular complexity index is 671. The summed E-state index contributed by atoms with van der Waals surface area (Å²) < 4.78 is 2.77. The molecule has 0 atom stereocenters. The van der Waals surface area contributed by atoms with Crippen LogP contribution in [0.5, 0.6) is 0 Å².